The number of rotatable bonds is 2. The van der Waals surface area contributed by atoms with Crippen LogP contribution in [0.1, 0.15) is 37.2 Å². The van der Waals surface area contributed by atoms with Gasteiger partial charge in [0.05, 0.1) is 6.54 Å². The molecule has 2 aromatic heterocycles. The van der Waals surface area contributed by atoms with Gasteiger partial charge in [0.25, 0.3) is 0 Å². The lowest BCUT2D eigenvalue weighted by Gasteiger charge is -2.20. The zero-order valence-electron chi connectivity index (χ0n) is 10.6. The molecule has 5 heteroatoms. The molecule has 92 valence electrons. The Kier molecular flexibility index (Phi) is 3.23. The number of hydrogen-bond donors (Lipinski definition) is 1. The van der Waals surface area contributed by atoms with Crippen LogP contribution in [0.3, 0.4) is 0 Å². The molecular formula is C12H17N3S2. The number of hydrogen-bond acceptors (Lipinski definition) is 3. The molecule has 2 heterocycles. The van der Waals surface area contributed by atoms with Gasteiger partial charge in [0.1, 0.15) is 5.01 Å². The van der Waals surface area contributed by atoms with Crippen LogP contribution in [-0.4, -0.2) is 14.5 Å². The topological polar surface area (TPSA) is 33.6 Å². The fraction of sp³-hybridized carbons (Fsp3) is 0.500. The van der Waals surface area contributed by atoms with Crippen molar-refractivity contribution in [2.75, 3.05) is 0 Å². The number of aromatic nitrogens is 3. The fourth-order valence-corrected chi connectivity index (χ4v) is 2.77. The predicted octanol–water partition coefficient (Wildman–Crippen LogP) is 3.66. The molecule has 0 saturated carbocycles. The van der Waals surface area contributed by atoms with E-state index in [4.69, 9.17) is 12.2 Å². The Morgan fingerprint density at radius 2 is 2.18 bits per heavy atom. The Balaban J connectivity index is 2.39. The fourth-order valence-electron chi connectivity index (χ4n) is 1.78. The number of nitrogens with one attached hydrogen (secondary N) is 1. The molecule has 0 aliphatic rings. The molecule has 1 N–H and O–H groups in total. The minimum atomic E-state index is 0.0832. The van der Waals surface area contributed by atoms with Crippen LogP contribution in [0.4, 0.5) is 0 Å². The lowest BCUT2D eigenvalue weighted by Crippen LogP contribution is -2.18. The zero-order valence-corrected chi connectivity index (χ0v) is 12.2. The molecule has 0 amide bonds. The van der Waals surface area contributed by atoms with Crippen molar-refractivity contribution < 1.29 is 0 Å². The molecule has 0 saturated heterocycles. The van der Waals surface area contributed by atoms with Crippen molar-refractivity contribution in [3.05, 3.63) is 32.7 Å². The van der Waals surface area contributed by atoms with Gasteiger partial charge in [0.2, 0.25) is 0 Å². The van der Waals surface area contributed by atoms with E-state index in [2.05, 4.69) is 40.7 Å². The molecule has 0 aliphatic carbocycles. The summed E-state index contributed by atoms with van der Waals surface area (Å²) in [6.45, 7) is 9.34. The van der Waals surface area contributed by atoms with Crippen LogP contribution in [0.2, 0.25) is 0 Å². The standard InChI is InChI=1S/C12H17N3S2/c1-8-7-17-10(14-8)6-15-9(12(2,3)4)5-13-11(15)16/h5,7H,6H2,1-4H3,(H,13,16). The third-order valence-corrected chi connectivity index (χ3v) is 3.89. The first-order valence-corrected chi connectivity index (χ1v) is 6.86. The van der Waals surface area contributed by atoms with E-state index in [9.17, 15) is 0 Å². The summed E-state index contributed by atoms with van der Waals surface area (Å²) in [7, 11) is 0. The van der Waals surface area contributed by atoms with E-state index in [1.54, 1.807) is 11.3 Å². The first-order chi connectivity index (χ1) is 7.88. The highest BCUT2D eigenvalue weighted by Crippen LogP contribution is 2.23. The van der Waals surface area contributed by atoms with Gasteiger partial charge >= 0.3 is 0 Å². The number of nitrogens with zero attached hydrogens (tertiary/aromatic N) is 2. The molecule has 0 fully saturated rings. The van der Waals surface area contributed by atoms with Gasteiger partial charge in [-0.2, -0.15) is 0 Å². The molecule has 0 unspecified atom stereocenters. The van der Waals surface area contributed by atoms with Gasteiger partial charge in [-0.1, -0.05) is 20.8 Å². The van der Waals surface area contributed by atoms with Crippen molar-refractivity contribution >= 4 is 23.6 Å². The SMILES string of the molecule is Cc1csc(Cn2c(C(C)(C)C)c[nH]c2=S)n1. The summed E-state index contributed by atoms with van der Waals surface area (Å²) >= 11 is 7.02. The van der Waals surface area contributed by atoms with E-state index in [1.807, 2.05) is 13.1 Å². The van der Waals surface area contributed by atoms with Crippen LogP contribution in [0.15, 0.2) is 11.6 Å². The van der Waals surface area contributed by atoms with Crippen LogP contribution >= 0.6 is 23.6 Å². The van der Waals surface area contributed by atoms with E-state index in [-0.39, 0.29) is 5.41 Å². The van der Waals surface area contributed by atoms with Crippen LogP contribution in [0.5, 0.6) is 0 Å². The highest BCUT2D eigenvalue weighted by molar-refractivity contribution is 7.71. The van der Waals surface area contributed by atoms with E-state index in [0.29, 0.717) is 0 Å². The van der Waals surface area contributed by atoms with Gasteiger partial charge in [0, 0.05) is 28.4 Å². The minimum absolute atomic E-state index is 0.0832. The highest BCUT2D eigenvalue weighted by atomic mass is 32.1. The molecule has 2 rings (SSSR count). The highest BCUT2D eigenvalue weighted by Gasteiger charge is 2.19. The van der Waals surface area contributed by atoms with Crippen LogP contribution in [-0.2, 0) is 12.0 Å². The Morgan fingerprint density at radius 1 is 1.47 bits per heavy atom. The molecular weight excluding hydrogens is 250 g/mol. The van der Waals surface area contributed by atoms with Crippen molar-refractivity contribution in [3.8, 4) is 0 Å². The maximum absolute atomic E-state index is 5.33. The Hall–Kier alpha value is -0.940. The van der Waals surface area contributed by atoms with Crippen molar-refractivity contribution in [2.45, 2.75) is 39.7 Å². The molecule has 0 bridgehead atoms. The van der Waals surface area contributed by atoms with E-state index in [1.165, 1.54) is 5.69 Å². The second kappa shape index (κ2) is 4.38. The van der Waals surface area contributed by atoms with Crippen LogP contribution < -0.4 is 0 Å². The maximum atomic E-state index is 5.33. The molecule has 0 radical (unpaired) electrons. The summed E-state index contributed by atoms with van der Waals surface area (Å²) in [5.41, 5.74) is 2.37. The van der Waals surface area contributed by atoms with E-state index in [0.717, 1.165) is 22.0 Å². The second-order valence-electron chi connectivity index (χ2n) is 5.20. The largest absolute Gasteiger partial charge is 0.337 e. The summed E-state index contributed by atoms with van der Waals surface area (Å²) < 4.78 is 2.90. The number of H-pyrrole nitrogens is 1. The molecule has 0 atom stereocenters. The van der Waals surface area contributed by atoms with Gasteiger partial charge in [-0.05, 0) is 19.1 Å². The summed E-state index contributed by atoms with van der Waals surface area (Å²) in [6, 6.07) is 0. The quantitative estimate of drug-likeness (QED) is 0.843. The summed E-state index contributed by atoms with van der Waals surface area (Å²) in [5.74, 6) is 0. The minimum Gasteiger partial charge on any atom is -0.337 e. The normalized spacial score (nSPS) is 12.0. The van der Waals surface area contributed by atoms with Crippen LogP contribution in [0.25, 0.3) is 0 Å². The number of aromatic amines is 1. The van der Waals surface area contributed by atoms with E-state index >= 15 is 0 Å². The Morgan fingerprint density at radius 3 is 2.71 bits per heavy atom. The predicted molar refractivity (Wildman–Crippen MR) is 74.3 cm³/mol. The summed E-state index contributed by atoms with van der Waals surface area (Å²) in [6.07, 6.45) is 2.00. The monoisotopic (exact) mass is 267 g/mol. The van der Waals surface area contributed by atoms with E-state index < -0.39 is 0 Å². The molecule has 3 nitrogen and oxygen atoms in total. The zero-order chi connectivity index (χ0) is 12.6. The third-order valence-electron chi connectivity index (χ3n) is 2.60. The van der Waals surface area contributed by atoms with Crippen molar-refractivity contribution in [1.82, 2.24) is 14.5 Å². The lowest BCUT2D eigenvalue weighted by molar-refractivity contribution is 0.529. The van der Waals surface area contributed by atoms with Crippen molar-refractivity contribution in [3.63, 3.8) is 0 Å². The first-order valence-electron chi connectivity index (χ1n) is 5.57. The van der Waals surface area contributed by atoms with Crippen molar-refractivity contribution in [2.24, 2.45) is 0 Å². The van der Waals surface area contributed by atoms with Crippen LogP contribution in [0, 0.1) is 11.7 Å². The average molecular weight is 267 g/mol. The average Bonchev–Trinajstić information content (AvgIpc) is 2.74. The summed E-state index contributed by atoms with van der Waals surface area (Å²) in [4.78, 5) is 7.61. The number of imidazole rings is 1. The summed E-state index contributed by atoms with van der Waals surface area (Å²) in [5, 5.41) is 3.17. The number of thiazole rings is 1. The Bertz CT molecular complexity index is 569. The van der Waals surface area contributed by atoms with Gasteiger partial charge in [-0.15, -0.1) is 11.3 Å². The maximum Gasteiger partial charge on any atom is 0.177 e. The molecule has 0 spiro atoms. The van der Waals surface area contributed by atoms with Gasteiger partial charge in [0.15, 0.2) is 4.77 Å². The smallest absolute Gasteiger partial charge is 0.177 e. The third kappa shape index (κ3) is 2.66. The lowest BCUT2D eigenvalue weighted by atomic mass is 9.93. The van der Waals surface area contributed by atoms with Gasteiger partial charge in [-0.25, -0.2) is 4.98 Å². The van der Waals surface area contributed by atoms with Crippen molar-refractivity contribution in [1.29, 1.82) is 0 Å². The molecule has 17 heavy (non-hydrogen) atoms. The second-order valence-corrected chi connectivity index (χ2v) is 6.53. The molecule has 0 aromatic carbocycles. The first kappa shape index (κ1) is 12.5. The molecule has 0 aliphatic heterocycles. The van der Waals surface area contributed by atoms with Gasteiger partial charge in [-0.3, -0.25) is 0 Å². The Labute approximate surface area is 111 Å². The molecule has 2 aromatic rings. The van der Waals surface area contributed by atoms with Gasteiger partial charge < -0.3 is 9.55 Å². The number of aryl methyl sites for hydroxylation is 1.